The van der Waals surface area contributed by atoms with Gasteiger partial charge in [-0.05, 0) is 24.3 Å². The number of benzene rings is 2. The van der Waals surface area contributed by atoms with Gasteiger partial charge in [-0.2, -0.15) is 0 Å². The number of halogens is 2. The molecule has 0 unspecified atom stereocenters. The topological polar surface area (TPSA) is 20.3 Å². The first-order chi connectivity index (χ1) is 9.65. The Morgan fingerprint density at radius 3 is 2.80 bits per heavy atom. The number of carbonyl (C=O) groups is 1. The summed E-state index contributed by atoms with van der Waals surface area (Å²) in [5.41, 5.74) is 2.17. The van der Waals surface area contributed by atoms with E-state index in [0.29, 0.717) is 35.7 Å². The van der Waals surface area contributed by atoms with E-state index < -0.39 is 0 Å². The molecule has 0 bridgehead atoms. The third-order valence-electron chi connectivity index (χ3n) is 3.53. The number of para-hydroxylation sites is 1. The molecule has 1 heterocycles. The summed E-state index contributed by atoms with van der Waals surface area (Å²) in [5, 5.41) is 0.389. The van der Waals surface area contributed by atoms with Gasteiger partial charge >= 0.3 is 0 Å². The summed E-state index contributed by atoms with van der Waals surface area (Å²) >= 11 is 5.76. The molecular weight excluding hydrogens is 277 g/mol. The van der Waals surface area contributed by atoms with Crippen LogP contribution in [-0.4, -0.2) is 12.3 Å². The smallest absolute Gasteiger partial charge is 0.166 e. The van der Waals surface area contributed by atoms with Gasteiger partial charge in [0.15, 0.2) is 5.78 Å². The van der Waals surface area contributed by atoms with E-state index in [-0.39, 0.29) is 11.6 Å². The normalized spacial score (nSPS) is 14.3. The lowest BCUT2D eigenvalue weighted by Crippen LogP contribution is -2.31. The van der Waals surface area contributed by atoms with Crippen LogP contribution in [0.25, 0.3) is 0 Å². The number of hydrogen-bond donors (Lipinski definition) is 0. The Hall–Kier alpha value is -1.87. The fourth-order valence-electron chi connectivity index (χ4n) is 2.50. The first-order valence-corrected chi connectivity index (χ1v) is 6.84. The Morgan fingerprint density at radius 2 is 2.00 bits per heavy atom. The van der Waals surface area contributed by atoms with E-state index in [0.717, 1.165) is 5.69 Å². The van der Waals surface area contributed by atoms with Crippen molar-refractivity contribution in [3.05, 3.63) is 64.4 Å². The van der Waals surface area contributed by atoms with Crippen molar-refractivity contribution in [2.24, 2.45) is 0 Å². The summed E-state index contributed by atoms with van der Waals surface area (Å²) in [7, 11) is 0. The fraction of sp³-hybridized carbons (Fsp3) is 0.188. The van der Waals surface area contributed by atoms with Crippen LogP contribution >= 0.6 is 11.6 Å². The summed E-state index contributed by atoms with van der Waals surface area (Å²) in [6.45, 7) is 1.05. The van der Waals surface area contributed by atoms with Crippen LogP contribution in [0.3, 0.4) is 0 Å². The van der Waals surface area contributed by atoms with Crippen molar-refractivity contribution in [3.63, 3.8) is 0 Å². The number of anilines is 1. The monoisotopic (exact) mass is 289 g/mol. The lowest BCUT2D eigenvalue weighted by Gasteiger charge is -2.30. The maximum Gasteiger partial charge on any atom is 0.166 e. The van der Waals surface area contributed by atoms with E-state index in [1.807, 2.05) is 29.2 Å². The van der Waals surface area contributed by atoms with Crippen molar-refractivity contribution in [3.8, 4) is 0 Å². The van der Waals surface area contributed by atoms with Gasteiger partial charge in [0.05, 0.1) is 0 Å². The number of hydrogen-bond acceptors (Lipinski definition) is 2. The molecule has 0 radical (unpaired) electrons. The predicted molar refractivity (Wildman–Crippen MR) is 77.8 cm³/mol. The van der Waals surface area contributed by atoms with E-state index in [1.54, 1.807) is 12.1 Å². The minimum atomic E-state index is -0.313. The Bertz CT molecular complexity index is 671. The van der Waals surface area contributed by atoms with Crippen molar-refractivity contribution < 1.29 is 9.18 Å². The van der Waals surface area contributed by atoms with Crippen molar-refractivity contribution in [2.75, 3.05) is 11.4 Å². The standard InChI is InChI=1S/C16H13ClFNO/c17-12-6-5-11(14(18)9-12)10-19-8-7-16(20)13-3-1-2-4-15(13)19/h1-6,9H,7-8,10H2. The molecule has 0 saturated heterocycles. The molecule has 102 valence electrons. The van der Waals surface area contributed by atoms with Crippen LogP contribution in [0.1, 0.15) is 22.3 Å². The zero-order valence-electron chi connectivity index (χ0n) is 10.8. The molecule has 1 aliphatic rings. The van der Waals surface area contributed by atoms with Crippen molar-refractivity contribution in [2.45, 2.75) is 13.0 Å². The van der Waals surface area contributed by atoms with Crippen LogP contribution < -0.4 is 4.90 Å². The molecule has 0 aromatic heterocycles. The highest BCUT2D eigenvalue weighted by molar-refractivity contribution is 6.30. The van der Waals surface area contributed by atoms with Gasteiger partial charge in [-0.3, -0.25) is 4.79 Å². The zero-order valence-corrected chi connectivity index (χ0v) is 11.5. The molecule has 0 saturated carbocycles. The van der Waals surface area contributed by atoms with Crippen LogP contribution in [-0.2, 0) is 6.54 Å². The van der Waals surface area contributed by atoms with E-state index in [1.165, 1.54) is 6.07 Å². The largest absolute Gasteiger partial charge is 0.366 e. The van der Waals surface area contributed by atoms with E-state index in [9.17, 15) is 9.18 Å². The van der Waals surface area contributed by atoms with E-state index in [2.05, 4.69) is 0 Å². The first-order valence-electron chi connectivity index (χ1n) is 6.46. The lowest BCUT2D eigenvalue weighted by molar-refractivity contribution is 0.0979. The SMILES string of the molecule is O=C1CCN(Cc2ccc(Cl)cc2F)c2ccccc21. The Morgan fingerprint density at radius 1 is 1.20 bits per heavy atom. The average molecular weight is 290 g/mol. The minimum Gasteiger partial charge on any atom is -0.366 e. The zero-order chi connectivity index (χ0) is 14.1. The highest BCUT2D eigenvalue weighted by Gasteiger charge is 2.23. The molecule has 2 nitrogen and oxygen atoms in total. The van der Waals surface area contributed by atoms with Crippen LogP contribution in [0.4, 0.5) is 10.1 Å². The molecule has 0 fully saturated rings. The van der Waals surface area contributed by atoms with E-state index >= 15 is 0 Å². The second-order valence-corrected chi connectivity index (χ2v) is 5.28. The summed E-state index contributed by atoms with van der Waals surface area (Å²) in [6, 6.07) is 12.2. The maximum atomic E-state index is 13.9. The molecule has 0 aliphatic carbocycles. The van der Waals surface area contributed by atoms with Crippen LogP contribution in [0.15, 0.2) is 42.5 Å². The maximum absolute atomic E-state index is 13.9. The molecule has 20 heavy (non-hydrogen) atoms. The number of rotatable bonds is 2. The van der Waals surface area contributed by atoms with Gasteiger partial charge in [-0.25, -0.2) is 4.39 Å². The first kappa shape index (κ1) is 13.1. The number of carbonyl (C=O) groups excluding carboxylic acids is 1. The Kier molecular flexibility index (Phi) is 3.45. The highest BCUT2D eigenvalue weighted by Crippen LogP contribution is 2.28. The summed E-state index contributed by atoms with van der Waals surface area (Å²) in [4.78, 5) is 13.9. The Labute approximate surface area is 121 Å². The van der Waals surface area contributed by atoms with Crippen LogP contribution in [0, 0.1) is 5.82 Å². The molecule has 0 amide bonds. The summed E-state index contributed by atoms with van der Waals surface area (Å²) in [6.07, 6.45) is 0.465. The Balaban J connectivity index is 1.92. The van der Waals surface area contributed by atoms with Gasteiger partial charge in [-0.1, -0.05) is 29.8 Å². The average Bonchev–Trinajstić information content (AvgIpc) is 2.45. The van der Waals surface area contributed by atoms with Gasteiger partial charge in [-0.15, -0.1) is 0 Å². The van der Waals surface area contributed by atoms with Gasteiger partial charge in [0.25, 0.3) is 0 Å². The summed E-state index contributed by atoms with van der Waals surface area (Å²) in [5.74, 6) is -0.166. The van der Waals surface area contributed by atoms with Gasteiger partial charge < -0.3 is 4.90 Å². The highest BCUT2D eigenvalue weighted by atomic mass is 35.5. The molecular formula is C16H13ClFNO. The van der Waals surface area contributed by atoms with Crippen molar-refractivity contribution in [1.82, 2.24) is 0 Å². The van der Waals surface area contributed by atoms with Gasteiger partial charge in [0.2, 0.25) is 0 Å². The lowest BCUT2D eigenvalue weighted by atomic mass is 10.00. The molecule has 0 N–H and O–H groups in total. The second kappa shape index (κ2) is 5.25. The molecule has 0 atom stereocenters. The molecule has 1 aliphatic heterocycles. The van der Waals surface area contributed by atoms with Gasteiger partial charge in [0.1, 0.15) is 5.82 Å². The molecule has 0 spiro atoms. The number of nitrogens with zero attached hydrogens (tertiary/aromatic N) is 1. The molecule has 2 aromatic rings. The number of ketones is 1. The van der Waals surface area contributed by atoms with Crippen LogP contribution in [0.2, 0.25) is 5.02 Å². The third-order valence-corrected chi connectivity index (χ3v) is 3.77. The third kappa shape index (κ3) is 2.41. The van der Waals surface area contributed by atoms with E-state index in [4.69, 9.17) is 11.6 Å². The molecule has 3 rings (SSSR count). The van der Waals surface area contributed by atoms with Crippen LogP contribution in [0.5, 0.6) is 0 Å². The summed E-state index contributed by atoms with van der Waals surface area (Å²) < 4.78 is 13.9. The quantitative estimate of drug-likeness (QED) is 0.830. The number of Topliss-reactive ketones (excluding diaryl/α,β-unsaturated/α-hetero) is 1. The van der Waals surface area contributed by atoms with Crippen molar-refractivity contribution >= 4 is 23.1 Å². The minimum absolute atomic E-state index is 0.147. The number of fused-ring (bicyclic) bond motifs is 1. The molecule has 2 aromatic carbocycles. The van der Waals surface area contributed by atoms with Crippen molar-refractivity contribution in [1.29, 1.82) is 0 Å². The predicted octanol–water partition coefficient (Wildman–Crippen LogP) is 4.07. The fourth-order valence-corrected chi connectivity index (χ4v) is 2.66. The molecule has 4 heteroatoms. The second-order valence-electron chi connectivity index (χ2n) is 4.85. The van der Waals surface area contributed by atoms with Gasteiger partial charge in [0, 0.05) is 41.3 Å².